The summed E-state index contributed by atoms with van der Waals surface area (Å²) in [6, 6.07) is 6.92. The van der Waals surface area contributed by atoms with Gasteiger partial charge in [0.1, 0.15) is 0 Å². The van der Waals surface area contributed by atoms with Gasteiger partial charge in [0.25, 0.3) is 0 Å². The van der Waals surface area contributed by atoms with Crippen molar-refractivity contribution in [2.75, 3.05) is 46.8 Å². The molecule has 30 heavy (non-hydrogen) atoms. The first-order valence-corrected chi connectivity index (χ1v) is 12.0. The highest BCUT2D eigenvalue weighted by atomic mass is 127. The maximum absolute atomic E-state index is 12.1. The molecule has 1 aromatic rings. The van der Waals surface area contributed by atoms with Crippen LogP contribution in [0.15, 0.2) is 34.2 Å². The highest BCUT2D eigenvalue weighted by Crippen LogP contribution is 2.16. The molecule has 1 aliphatic heterocycles. The summed E-state index contributed by atoms with van der Waals surface area (Å²) in [5.41, 5.74) is 0.974. The summed E-state index contributed by atoms with van der Waals surface area (Å²) in [6.45, 7) is 10.1. The van der Waals surface area contributed by atoms with Crippen LogP contribution in [0.25, 0.3) is 0 Å². The molecule has 7 nitrogen and oxygen atoms in total. The highest BCUT2D eigenvalue weighted by molar-refractivity contribution is 14.0. The van der Waals surface area contributed by atoms with E-state index in [1.54, 1.807) is 12.1 Å². The van der Waals surface area contributed by atoms with Crippen molar-refractivity contribution < 1.29 is 8.42 Å². The van der Waals surface area contributed by atoms with E-state index in [1.807, 2.05) is 19.1 Å². The van der Waals surface area contributed by atoms with Gasteiger partial charge in [0, 0.05) is 27.2 Å². The molecule has 1 saturated heterocycles. The van der Waals surface area contributed by atoms with Gasteiger partial charge in [-0.05, 0) is 69.4 Å². The van der Waals surface area contributed by atoms with Crippen LogP contribution in [0.4, 0.5) is 0 Å². The van der Waals surface area contributed by atoms with Crippen LogP contribution in [0.3, 0.4) is 0 Å². The first kappa shape index (κ1) is 27.1. The van der Waals surface area contributed by atoms with Crippen LogP contribution >= 0.6 is 24.0 Å². The van der Waals surface area contributed by atoms with Gasteiger partial charge >= 0.3 is 0 Å². The fourth-order valence-electron chi connectivity index (χ4n) is 3.28. The molecule has 0 unspecified atom stereocenters. The van der Waals surface area contributed by atoms with Gasteiger partial charge in [-0.1, -0.05) is 19.1 Å². The molecule has 2 N–H and O–H groups in total. The number of sulfonamides is 1. The topological polar surface area (TPSA) is 77.0 Å². The average Bonchev–Trinajstić information content (AvgIpc) is 2.70. The van der Waals surface area contributed by atoms with E-state index in [9.17, 15) is 8.42 Å². The smallest absolute Gasteiger partial charge is 0.242 e. The van der Waals surface area contributed by atoms with Gasteiger partial charge in [-0.25, -0.2) is 17.7 Å². The van der Waals surface area contributed by atoms with Crippen molar-refractivity contribution in [1.82, 2.24) is 19.8 Å². The molecule has 2 rings (SSSR count). The Hall–Kier alpha value is -0.910. The summed E-state index contributed by atoms with van der Waals surface area (Å²) in [4.78, 5) is 7.48. The van der Waals surface area contributed by atoms with Gasteiger partial charge < -0.3 is 15.5 Å². The molecule has 0 atom stereocenters. The van der Waals surface area contributed by atoms with Crippen LogP contribution in [-0.2, 0) is 16.6 Å². The molecule has 0 spiro atoms. The van der Waals surface area contributed by atoms with Gasteiger partial charge in [-0.2, -0.15) is 0 Å². The fourth-order valence-corrected chi connectivity index (χ4v) is 4.19. The van der Waals surface area contributed by atoms with E-state index in [4.69, 9.17) is 0 Å². The number of nitrogens with zero attached hydrogens (tertiary/aromatic N) is 3. The standard InChI is InChI=1S/C21H37N5O2S.HI/c1-5-22-21(23-13-6-14-26-15-11-18(2)12-16-26)24-17-19-7-9-20(10-8-19)29(27,28)25(3)4;/h7-10,18H,5-6,11-17H2,1-4H3,(H2,22,23,24);1H. The van der Waals surface area contributed by atoms with Gasteiger partial charge in [-0.3, -0.25) is 0 Å². The zero-order valence-corrected chi connectivity index (χ0v) is 21.9. The Labute approximate surface area is 199 Å². The predicted molar refractivity (Wildman–Crippen MR) is 135 cm³/mol. The number of guanidine groups is 1. The van der Waals surface area contributed by atoms with Crippen LogP contribution in [0.1, 0.15) is 38.7 Å². The second-order valence-corrected chi connectivity index (χ2v) is 10.1. The minimum atomic E-state index is -3.39. The number of piperidine rings is 1. The lowest BCUT2D eigenvalue weighted by molar-refractivity contribution is 0.191. The molecule has 1 fully saturated rings. The predicted octanol–water partition coefficient (Wildman–Crippen LogP) is 2.73. The molecule has 0 radical (unpaired) electrons. The second kappa shape index (κ2) is 13.5. The van der Waals surface area contributed by atoms with Crippen molar-refractivity contribution in [1.29, 1.82) is 0 Å². The number of hydrogen-bond acceptors (Lipinski definition) is 4. The zero-order valence-electron chi connectivity index (χ0n) is 18.7. The number of nitrogens with one attached hydrogen (secondary N) is 2. The summed E-state index contributed by atoms with van der Waals surface area (Å²) in [6.07, 6.45) is 3.72. The maximum atomic E-state index is 12.1. The van der Waals surface area contributed by atoms with E-state index in [1.165, 1.54) is 44.3 Å². The van der Waals surface area contributed by atoms with Crippen LogP contribution in [0.5, 0.6) is 0 Å². The lowest BCUT2D eigenvalue weighted by Gasteiger charge is -2.30. The monoisotopic (exact) mass is 551 g/mol. The molecule has 0 amide bonds. The van der Waals surface area contributed by atoms with Gasteiger partial charge in [-0.15, -0.1) is 24.0 Å². The third-order valence-corrected chi connectivity index (χ3v) is 7.12. The third kappa shape index (κ3) is 8.68. The minimum Gasteiger partial charge on any atom is -0.357 e. The fraction of sp³-hybridized carbons (Fsp3) is 0.667. The second-order valence-electron chi connectivity index (χ2n) is 7.93. The summed E-state index contributed by atoms with van der Waals surface area (Å²) in [7, 11) is -0.321. The van der Waals surface area contributed by atoms with Crippen LogP contribution in [0, 0.1) is 5.92 Å². The van der Waals surface area contributed by atoms with Crippen LogP contribution < -0.4 is 10.6 Å². The normalized spacial score (nSPS) is 16.4. The van der Waals surface area contributed by atoms with Crippen LogP contribution in [0.2, 0.25) is 0 Å². The lowest BCUT2D eigenvalue weighted by Crippen LogP contribution is -2.39. The molecular formula is C21H38IN5O2S. The molecular weight excluding hydrogens is 513 g/mol. The minimum absolute atomic E-state index is 0. The molecule has 172 valence electrons. The molecule has 1 aliphatic rings. The molecule has 9 heteroatoms. The van der Waals surface area contributed by atoms with Crippen LogP contribution in [-0.4, -0.2) is 70.4 Å². The quantitative estimate of drug-likeness (QED) is 0.214. The number of halogens is 1. The van der Waals surface area contributed by atoms with Crippen molar-refractivity contribution in [2.24, 2.45) is 10.9 Å². The summed E-state index contributed by atoms with van der Waals surface area (Å²) < 4.78 is 25.5. The number of hydrogen-bond donors (Lipinski definition) is 2. The summed E-state index contributed by atoms with van der Waals surface area (Å²) >= 11 is 0. The van der Waals surface area contributed by atoms with E-state index in [2.05, 4.69) is 27.4 Å². The highest BCUT2D eigenvalue weighted by Gasteiger charge is 2.16. The Balaban J connectivity index is 0.00000450. The van der Waals surface area contributed by atoms with E-state index in [-0.39, 0.29) is 24.0 Å². The van der Waals surface area contributed by atoms with Gasteiger partial charge in [0.2, 0.25) is 10.0 Å². The first-order valence-electron chi connectivity index (χ1n) is 10.6. The van der Waals surface area contributed by atoms with Crippen molar-refractivity contribution in [3.63, 3.8) is 0 Å². The van der Waals surface area contributed by atoms with E-state index in [0.717, 1.165) is 43.5 Å². The maximum Gasteiger partial charge on any atom is 0.242 e. The molecule has 0 aromatic heterocycles. The Morgan fingerprint density at radius 3 is 2.37 bits per heavy atom. The molecule has 1 heterocycles. The van der Waals surface area contributed by atoms with Crippen molar-refractivity contribution >= 4 is 40.0 Å². The third-order valence-electron chi connectivity index (χ3n) is 5.29. The number of likely N-dealkylation sites (tertiary alicyclic amines) is 1. The van der Waals surface area contributed by atoms with Crippen molar-refractivity contribution in [3.8, 4) is 0 Å². The van der Waals surface area contributed by atoms with Crippen molar-refractivity contribution in [2.45, 2.75) is 44.6 Å². The molecule has 0 bridgehead atoms. The zero-order chi connectivity index (χ0) is 21.3. The van der Waals surface area contributed by atoms with Gasteiger partial charge in [0.15, 0.2) is 5.96 Å². The average molecular weight is 552 g/mol. The summed E-state index contributed by atoms with van der Waals surface area (Å²) in [5.74, 6) is 1.67. The van der Waals surface area contributed by atoms with E-state index < -0.39 is 10.0 Å². The molecule has 1 aromatic carbocycles. The van der Waals surface area contributed by atoms with E-state index >= 15 is 0 Å². The number of benzene rings is 1. The van der Waals surface area contributed by atoms with Crippen molar-refractivity contribution in [3.05, 3.63) is 29.8 Å². The first-order chi connectivity index (χ1) is 13.8. The summed E-state index contributed by atoms with van der Waals surface area (Å²) in [5, 5.41) is 6.67. The van der Waals surface area contributed by atoms with Gasteiger partial charge in [0.05, 0.1) is 11.4 Å². The Kier molecular flexibility index (Phi) is 12.2. The molecule has 0 saturated carbocycles. The largest absolute Gasteiger partial charge is 0.357 e. The number of rotatable bonds is 9. The SMILES string of the molecule is CCNC(=NCc1ccc(S(=O)(=O)N(C)C)cc1)NCCCN1CCC(C)CC1.I. The van der Waals surface area contributed by atoms with E-state index in [0.29, 0.717) is 11.4 Å². The Morgan fingerprint density at radius 2 is 1.80 bits per heavy atom. The Bertz CT molecular complexity index is 745. The molecule has 0 aliphatic carbocycles. The number of aliphatic imine (C=N–C) groups is 1. The lowest BCUT2D eigenvalue weighted by atomic mass is 9.99. The Morgan fingerprint density at radius 1 is 1.17 bits per heavy atom.